The van der Waals surface area contributed by atoms with Gasteiger partial charge in [0.05, 0.1) is 12.2 Å². The highest BCUT2D eigenvalue weighted by Gasteiger charge is 2.20. The molecule has 1 N–H and O–H groups in total. The molecule has 0 amide bonds. The van der Waals surface area contributed by atoms with E-state index in [1.165, 1.54) is 12.0 Å². The van der Waals surface area contributed by atoms with Gasteiger partial charge in [-0.15, -0.1) is 0 Å². The lowest BCUT2D eigenvalue weighted by molar-refractivity contribution is 0.502. The third-order valence-corrected chi connectivity index (χ3v) is 4.08. The number of hydrogen-bond donors (Lipinski definition) is 1. The number of rotatable bonds is 4. The van der Waals surface area contributed by atoms with E-state index < -0.39 is 0 Å². The predicted octanol–water partition coefficient (Wildman–Crippen LogP) is 3.00. The van der Waals surface area contributed by atoms with Crippen LogP contribution in [0.3, 0.4) is 0 Å². The number of aromatic nitrogens is 1. The predicted molar refractivity (Wildman–Crippen MR) is 78.9 cm³/mol. The zero-order valence-electron chi connectivity index (χ0n) is 11.3. The molecule has 1 aromatic rings. The minimum absolute atomic E-state index is 0.582. The van der Waals surface area contributed by atoms with Crippen molar-refractivity contribution in [3.63, 3.8) is 0 Å². The van der Waals surface area contributed by atoms with E-state index >= 15 is 0 Å². The van der Waals surface area contributed by atoms with Crippen LogP contribution in [0.5, 0.6) is 0 Å². The Balaban J connectivity index is 1.90. The molecule has 1 unspecified atom stereocenters. The normalized spacial score (nSPS) is 21.6. The Morgan fingerprint density at radius 1 is 1.56 bits per heavy atom. The summed E-state index contributed by atoms with van der Waals surface area (Å²) in [6.45, 7) is 7.28. The van der Waals surface area contributed by atoms with Gasteiger partial charge in [-0.05, 0) is 30.9 Å². The highest BCUT2D eigenvalue weighted by Crippen LogP contribution is 2.19. The average molecular weight is 263 g/mol. The van der Waals surface area contributed by atoms with E-state index in [9.17, 15) is 0 Å². The summed E-state index contributed by atoms with van der Waals surface area (Å²) in [5.74, 6) is 1.87. The molecule has 4 heteroatoms. The molecule has 0 bridgehead atoms. The van der Waals surface area contributed by atoms with E-state index in [0.717, 1.165) is 22.5 Å². The molecule has 1 fully saturated rings. The van der Waals surface area contributed by atoms with Crippen LogP contribution in [0.4, 0.5) is 0 Å². The van der Waals surface area contributed by atoms with E-state index in [4.69, 9.17) is 0 Å². The van der Waals surface area contributed by atoms with Gasteiger partial charge in [0.2, 0.25) is 0 Å². The van der Waals surface area contributed by atoms with Crippen LogP contribution in [0, 0.1) is 12.8 Å². The summed E-state index contributed by atoms with van der Waals surface area (Å²) in [5.41, 5.74) is 2.28. The highest BCUT2D eigenvalue weighted by molar-refractivity contribution is 8.14. The molecule has 0 aliphatic carbocycles. The van der Waals surface area contributed by atoms with Crippen LogP contribution >= 0.6 is 11.8 Å². The van der Waals surface area contributed by atoms with E-state index in [2.05, 4.69) is 42.1 Å². The molecule has 18 heavy (non-hydrogen) atoms. The third kappa shape index (κ3) is 3.73. The molecule has 0 saturated carbocycles. The van der Waals surface area contributed by atoms with E-state index in [0.29, 0.717) is 12.6 Å². The number of hydrogen-bond acceptors (Lipinski definition) is 3. The molecule has 2 heterocycles. The number of aryl methyl sites for hydroxylation is 1. The van der Waals surface area contributed by atoms with Gasteiger partial charge in [0.15, 0.2) is 5.17 Å². The molecule has 1 aromatic heterocycles. The Kier molecular flexibility index (Phi) is 4.64. The van der Waals surface area contributed by atoms with Crippen molar-refractivity contribution in [2.75, 3.05) is 5.75 Å². The maximum Gasteiger partial charge on any atom is 0.157 e. The molecular formula is C14H21N3S. The summed E-state index contributed by atoms with van der Waals surface area (Å²) in [7, 11) is 0. The monoisotopic (exact) mass is 263 g/mol. The molecule has 1 saturated heterocycles. The van der Waals surface area contributed by atoms with Crippen molar-refractivity contribution in [1.82, 2.24) is 10.3 Å². The first-order valence-corrected chi connectivity index (χ1v) is 7.48. The fourth-order valence-electron chi connectivity index (χ4n) is 2.06. The standard InChI is InChI=1S/C14H21N3S/c1-10(2)7-12-9-18-14(17-12)16-8-13-11(3)5-4-6-15-13/h4-6,10,12H,7-9H2,1-3H3,(H,16,17). The minimum Gasteiger partial charge on any atom is -0.361 e. The van der Waals surface area contributed by atoms with Crippen molar-refractivity contribution >= 4 is 16.9 Å². The van der Waals surface area contributed by atoms with Gasteiger partial charge in [-0.3, -0.25) is 9.98 Å². The van der Waals surface area contributed by atoms with Crippen LogP contribution in [0.25, 0.3) is 0 Å². The summed E-state index contributed by atoms with van der Waals surface area (Å²) in [6.07, 6.45) is 3.05. The third-order valence-electron chi connectivity index (χ3n) is 3.00. The lowest BCUT2D eigenvalue weighted by Crippen LogP contribution is -2.28. The average Bonchev–Trinajstić information content (AvgIpc) is 2.75. The molecule has 0 spiro atoms. The first-order valence-electron chi connectivity index (χ1n) is 6.49. The number of thioether (sulfide) groups is 1. The van der Waals surface area contributed by atoms with Crippen molar-refractivity contribution in [1.29, 1.82) is 0 Å². The molecule has 1 aliphatic rings. The summed E-state index contributed by atoms with van der Waals surface area (Å²) in [6, 6.07) is 4.63. The van der Waals surface area contributed by atoms with Gasteiger partial charge in [0, 0.05) is 18.0 Å². The molecule has 2 rings (SSSR count). The van der Waals surface area contributed by atoms with Crippen LogP contribution in [-0.2, 0) is 6.54 Å². The Morgan fingerprint density at radius 2 is 2.39 bits per heavy atom. The number of nitrogens with one attached hydrogen (secondary N) is 1. The van der Waals surface area contributed by atoms with Crippen molar-refractivity contribution in [2.45, 2.75) is 39.8 Å². The fraction of sp³-hybridized carbons (Fsp3) is 0.571. The number of nitrogens with zero attached hydrogens (tertiary/aromatic N) is 2. The lowest BCUT2D eigenvalue weighted by Gasteiger charge is -2.11. The second-order valence-corrected chi connectivity index (χ2v) is 6.18. The van der Waals surface area contributed by atoms with Crippen LogP contribution in [0.2, 0.25) is 0 Å². The smallest absolute Gasteiger partial charge is 0.157 e. The zero-order chi connectivity index (χ0) is 13.0. The van der Waals surface area contributed by atoms with Crippen LogP contribution in [0.15, 0.2) is 23.3 Å². The SMILES string of the molecule is Cc1cccnc1CN=C1NC(CC(C)C)CS1. The van der Waals surface area contributed by atoms with Crippen molar-refractivity contribution in [2.24, 2.45) is 10.9 Å². The highest BCUT2D eigenvalue weighted by atomic mass is 32.2. The molecule has 3 nitrogen and oxygen atoms in total. The van der Waals surface area contributed by atoms with E-state index in [-0.39, 0.29) is 0 Å². The van der Waals surface area contributed by atoms with Crippen molar-refractivity contribution in [3.05, 3.63) is 29.6 Å². The van der Waals surface area contributed by atoms with Gasteiger partial charge in [-0.1, -0.05) is 31.7 Å². The largest absolute Gasteiger partial charge is 0.361 e. The second-order valence-electron chi connectivity index (χ2n) is 5.17. The zero-order valence-corrected chi connectivity index (χ0v) is 12.1. The van der Waals surface area contributed by atoms with Gasteiger partial charge in [-0.25, -0.2) is 0 Å². The van der Waals surface area contributed by atoms with Crippen LogP contribution in [0.1, 0.15) is 31.5 Å². The lowest BCUT2D eigenvalue weighted by atomic mass is 10.1. The van der Waals surface area contributed by atoms with Gasteiger partial charge in [0.1, 0.15) is 0 Å². The molecular weight excluding hydrogens is 242 g/mol. The van der Waals surface area contributed by atoms with Gasteiger partial charge in [-0.2, -0.15) is 0 Å². The summed E-state index contributed by atoms with van der Waals surface area (Å²) < 4.78 is 0. The fourth-order valence-corrected chi connectivity index (χ4v) is 3.04. The van der Waals surface area contributed by atoms with E-state index in [1.807, 2.05) is 24.0 Å². The van der Waals surface area contributed by atoms with Crippen molar-refractivity contribution in [3.8, 4) is 0 Å². The van der Waals surface area contributed by atoms with Crippen LogP contribution < -0.4 is 5.32 Å². The molecule has 0 radical (unpaired) electrons. The second kappa shape index (κ2) is 6.23. The summed E-state index contributed by atoms with van der Waals surface area (Å²) in [5, 5.41) is 4.57. The minimum atomic E-state index is 0.582. The number of pyridine rings is 1. The number of aliphatic imine (C=N–C) groups is 1. The molecule has 0 aromatic carbocycles. The number of amidine groups is 1. The Bertz CT molecular complexity index is 429. The quantitative estimate of drug-likeness (QED) is 0.907. The van der Waals surface area contributed by atoms with Gasteiger partial charge < -0.3 is 5.32 Å². The van der Waals surface area contributed by atoms with Gasteiger partial charge in [0.25, 0.3) is 0 Å². The Hall–Kier alpha value is -1.03. The molecule has 1 atom stereocenters. The van der Waals surface area contributed by atoms with E-state index in [1.54, 1.807) is 0 Å². The van der Waals surface area contributed by atoms with Crippen LogP contribution in [-0.4, -0.2) is 21.9 Å². The Morgan fingerprint density at radius 3 is 3.11 bits per heavy atom. The summed E-state index contributed by atoms with van der Waals surface area (Å²) in [4.78, 5) is 8.98. The van der Waals surface area contributed by atoms with Crippen molar-refractivity contribution < 1.29 is 0 Å². The molecule has 98 valence electrons. The maximum absolute atomic E-state index is 4.62. The molecule has 1 aliphatic heterocycles. The summed E-state index contributed by atoms with van der Waals surface area (Å²) >= 11 is 1.83. The first-order chi connectivity index (χ1) is 8.65. The maximum atomic E-state index is 4.62. The topological polar surface area (TPSA) is 37.3 Å². The first kappa shape index (κ1) is 13.4. The Labute approximate surface area is 113 Å². The van der Waals surface area contributed by atoms with Gasteiger partial charge >= 0.3 is 0 Å².